The number of benzene rings is 2. The first-order chi connectivity index (χ1) is 11.6. The fraction of sp³-hybridized carbons (Fsp3) is 0.263. The number of aromatic amines is 1. The summed E-state index contributed by atoms with van der Waals surface area (Å²) in [6.45, 7) is 4.04. The van der Waals surface area contributed by atoms with Crippen molar-refractivity contribution in [3.05, 3.63) is 59.8 Å². The summed E-state index contributed by atoms with van der Waals surface area (Å²) < 4.78 is 25.8. The fourth-order valence-electron chi connectivity index (χ4n) is 3.47. The quantitative estimate of drug-likeness (QED) is 0.753. The standard InChI is InChI=1S/C19H20N2O2S/c1-13-12-20-10-9-16-17-11-15(7-8-18(17)21-19(13)16)24(22,23)14-5-3-2-4-6-14/h2-8,11,13,20-21H,9-10,12H2,1H3. The van der Waals surface area contributed by atoms with Crippen LogP contribution in [0.25, 0.3) is 10.9 Å². The Labute approximate surface area is 141 Å². The minimum Gasteiger partial charge on any atom is -0.358 e. The predicted molar refractivity (Wildman–Crippen MR) is 95.2 cm³/mol. The first-order valence-electron chi connectivity index (χ1n) is 8.23. The fourth-order valence-corrected chi connectivity index (χ4v) is 4.78. The van der Waals surface area contributed by atoms with Gasteiger partial charge in [0.05, 0.1) is 9.79 Å². The van der Waals surface area contributed by atoms with Crippen LogP contribution in [0, 0.1) is 0 Å². The van der Waals surface area contributed by atoms with E-state index in [2.05, 4.69) is 17.2 Å². The molecule has 2 heterocycles. The second-order valence-corrected chi connectivity index (χ2v) is 8.35. The lowest BCUT2D eigenvalue weighted by molar-refractivity contribution is 0.596. The first-order valence-corrected chi connectivity index (χ1v) is 9.71. The Morgan fingerprint density at radius 1 is 1.04 bits per heavy atom. The zero-order valence-electron chi connectivity index (χ0n) is 13.5. The van der Waals surface area contributed by atoms with Crippen molar-refractivity contribution >= 4 is 20.7 Å². The third-order valence-electron chi connectivity index (χ3n) is 4.77. The van der Waals surface area contributed by atoms with E-state index in [-0.39, 0.29) is 0 Å². The monoisotopic (exact) mass is 340 g/mol. The van der Waals surface area contributed by atoms with Crippen LogP contribution in [-0.4, -0.2) is 26.5 Å². The van der Waals surface area contributed by atoms with Gasteiger partial charge in [-0.25, -0.2) is 8.42 Å². The predicted octanol–water partition coefficient (Wildman–Crippen LogP) is 3.25. The van der Waals surface area contributed by atoms with Crippen LogP contribution in [0.1, 0.15) is 24.1 Å². The minimum absolute atomic E-state index is 0.334. The number of hydrogen-bond donors (Lipinski definition) is 2. The van der Waals surface area contributed by atoms with Crippen LogP contribution in [0.2, 0.25) is 0 Å². The van der Waals surface area contributed by atoms with E-state index >= 15 is 0 Å². The molecule has 0 fully saturated rings. The molecule has 1 unspecified atom stereocenters. The Balaban J connectivity index is 1.89. The van der Waals surface area contributed by atoms with Crippen molar-refractivity contribution in [2.24, 2.45) is 0 Å². The van der Waals surface area contributed by atoms with Crippen LogP contribution < -0.4 is 5.32 Å². The van der Waals surface area contributed by atoms with Crippen LogP contribution in [-0.2, 0) is 16.3 Å². The van der Waals surface area contributed by atoms with Crippen molar-refractivity contribution in [1.29, 1.82) is 0 Å². The third kappa shape index (κ3) is 2.44. The molecule has 0 amide bonds. The smallest absolute Gasteiger partial charge is 0.206 e. The zero-order valence-corrected chi connectivity index (χ0v) is 14.4. The molecule has 0 spiro atoms. The topological polar surface area (TPSA) is 62.0 Å². The van der Waals surface area contributed by atoms with Gasteiger partial charge in [0, 0.05) is 29.1 Å². The van der Waals surface area contributed by atoms with Gasteiger partial charge < -0.3 is 10.3 Å². The molecule has 124 valence electrons. The lowest BCUT2D eigenvalue weighted by Gasteiger charge is -2.07. The minimum atomic E-state index is -3.49. The van der Waals surface area contributed by atoms with Crippen molar-refractivity contribution in [2.75, 3.05) is 13.1 Å². The van der Waals surface area contributed by atoms with E-state index in [9.17, 15) is 8.42 Å². The number of rotatable bonds is 2. The maximum absolute atomic E-state index is 12.9. The van der Waals surface area contributed by atoms with Gasteiger partial charge >= 0.3 is 0 Å². The maximum atomic E-state index is 12.9. The summed E-state index contributed by atoms with van der Waals surface area (Å²) in [5.41, 5.74) is 3.48. The Bertz CT molecular complexity index is 991. The summed E-state index contributed by atoms with van der Waals surface area (Å²) in [6.07, 6.45) is 0.911. The lowest BCUT2D eigenvalue weighted by Crippen LogP contribution is -2.18. The number of fused-ring (bicyclic) bond motifs is 3. The molecule has 0 saturated heterocycles. The van der Waals surface area contributed by atoms with Gasteiger partial charge in [0.2, 0.25) is 9.84 Å². The maximum Gasteiger partial charge on any atom is 0.206 e. The largest absolute Gasteiger partial charge is 0.358 e. The van der Waals surface area contributed by atoms with Gasteiger partial charge in [-0.2, -0.15) is 0 Å². The van der Waals surface area contributed by atoms with Crippen LogP contribution >= 0.6 is 0 Å². The molecule has 0 saturated carbocycles. The molecule has 1 atom stereocenters. The van der Waals surface area contributed by atoms with Crippen LogP contribution in [0.4, 0.5) is 0 Å². The molecule has 0 bridgehead atoms. The van der Waals surface area contributed by atoms with Gasteiger partial charge in [0.25, 0.3) is 0 Å². The van der Waals surface area contributed by atoms with Gasteiger partial charge in [0.1, 0.15) is 0 Å². The summed E-state index contributed by atoms with van der Waals surface area (Å²) in [5, 5.41) is 4.45. The van der Waals surface area contributed by atoms with E-state index in [1.54, 1.807) is 30.3 Å². The number of H-pyrrole nitrogens is 1. The zero-order chi connectivity index (χ0) is 16.7. The molecule has 1 aromatic heterocycles. The van der Waals surface area contributed by atoms with Gasteiger partial charge in [-0.3, -0.25) is 0 Å². The first kappa shape index (κ1) is 15.4. The van der Waals surface area contributed by atoms with E-state index in [0.29, 0.717) is 15.7 Å². The second-order valence-electron chi connectivity index (χ2n) is 6.40. The highest BCUT2D eigenvalue weighted by Gasteiger charge is 2.22. The molecule has 4 rings (SSSR count). The molecular formula is C19H20N2O2S. The summed E-state index contributed by atoms with van der Waals surface area (Å²) in [7, 11) is -3.49. The Morgan fingerprint density at radius 3 is 2.62 bits per heavy atom. The Morgan fingerprint density at radius 2 is 1.83 bits per heavy atom. The molecule has 1 aliphatic heterocycles. The molecule has 3 aromatic rings. The van der Waals surface area contributed by atoms with Crippen LogP contribution in [0.5, 0.6) is 0 Å². The van der Waals surface area contributed by atoms with Crippen molar-refractivity contribution in [2.45, 2.75) is 29.1 Å². The van der Waals surface area contributed by atoms with Gasteiger partial charge in [-0.15, -0.1) is 0 Å². The highest BCUT2D eigenvalue weighted by molar-refractivity contribution is 7.91. The SMILES string of the molecule is CC1CNCCc2c1[nH]c1ccc(S(=O)(=O)c3ccccc3)cc21. The molecule has 5 heteroatoms. The van der Waals surface area contributed by atoms with Crippen molar-refractivity contribution in [3.63, 3.8) is 0 Å². The molecule has 0 radical (unpaired) electrons. The number of aromatic nitrogens is 1. The molecule has 1 aliphatic rings. The third-order valence-corrected chi connectivity index (χ3v) is 6.54. The summed E-state index contributed by atoms with van der Waals surface area (Å²) in [5.74, 6) is 0.393. The molecule has 24 heavy (non-hydrogen) atoms. The van der Waals surface area contributed by atoms with Gasteiger partial charge in [0.15, 0.2) is 0 Å². The molecule has 4 nitrogen and oxygen atoms in total. The number of nitrogens with one attached hydrogen (secondary N) is 2. The summed E-state index contributed by atoms with van der Waals surface area (Å²) >= 11 is 0. The van der Waals surface area contributed by atoms with Crippen LogP contribution in [0.3, 0.4) is 0 Å². The number of hydrogen-bond acceptors (Lipinski definition) is 3. The van der Waals surface area contributed by atoms with Crippen LogP contribution in [0.15, 0.2) is 58.3 Å². The van der Waals surface area contributed by atoms with Gasteiger partial charge in [-0.05, 0) is 48.9 Å². The van der Waals surface area contributed by atoms with Crippen molar-refractivity contribution in [3.8, 4) is 0 Å². The van der Waals surface area contributed by atoms with Crippen molar-refractivity contribution < 1.29 is 8.42 Å². The van der Waals surface area contributed by atoms with E-state index in [4.69, 9.17) is 0 Å². The highest BCUT2D eigenvalue weighted by atomic mass is 32.2. The Hall–Kier alpha value is -2.11. The second kappa shape index (κ2) is 5.76. The molecule has 2 aromatic carbocycles. The summed E-state index contributed by atoms with van der Waals surface area (Å²) in [6, 6.07) is 14.0. The van der Waals surface area contributed by atoms with E-state index in [0.717, 1.165) is 30.4 Å². The average Bonchev–Trinajstić information content (AvgIpc) is 2.87. The normalized spacial score (nSPS) is 18.3. The number of sulfone groups is 1. The van der Waals surface area contributed by atoms with E-state index in [1.165, 1.54) is 11.3 Å². The average molecular weight is 340 g/mol. The molecule has 0 aliphatic carbocycles. The Kier molecular flexibility index (Phi) is 3.70. The molecule has 2 N–H and O–H groups in total. The lowest BCUT2D eigenvalue weighted by atomic mass is 10.0. The van der Waals surface area contributed by atoms with E-state index in [1.807, 2.05) is 18.2 Å². The highest BCUT2D eigenvalue weighted by Crippen LogP contribution is 2.32. The van der Waals surface area contributed by atoms with Gasteiger partial charge in [-0.1, -0.05) is 25.1 Å². The summed E-state index contributed by atoms with van der Waals surface area (Å²) in [4.78, 5) is 4.18. The molecular weight excluding hydrogens is 320 g/mol. The van der Waals surface area contributed by atoms with Crippen molar-refractivity contribution in [1.82, 2.24) is 10.3 Å². The van der Waals surface area contributed by atoms with E-state index < -0.39 is 9.84 Å².